The maximum atomic E-state index is 13.7. The molecule has 0 aliphatic heterocycles. The van der Waals surface area contributed by atoms with Gasteiger partial charge in [0.05, 0.1) is 0 Å². The molecule has 0 spiro atoms. The minimum absolute atomic E-state index is 0.0777. The van der Waals surface area contributed by atoms with Crippen LogP contribution in [0.25, 0.3) is 0 Å². The largest absolute Gasteiger partial charge is 0.207 e. The molecule has 0 radical (unpaired) electrons. The topological polar surface area (TPSA) is 0 Å². The number of hydrogen-bond acceptors (Lipinski definition) is 0. The Morgan fingerprint density at radius 3 is 2.81 bits per heavy atom. The van der Waals surface area contributed by atoms with Crippen molar-refractivity contribution in [2.45, 2.75) is 36.9 Å². The van der Waals surface area contributed by atoms with Crippen molar-refractivity contribution in [1.82, 2.24) is 0 Å². The first-order valence-corrected chi connectivity index (χ1v) is 7.44. The van der Waals surface area contributed by atoms with Gasteiger partial charge >= 0.3 is 0 Å². The predicted molar refractivity (Wildman–Crippen MR) is 72.5 cm³/mol. The van der Waals surface area contributed by atoms with Crippen LogP contribution in [0.3, 0.4) is 0 Å². The highest BCUT2D eigenvalue weighted by atomic mass is 79.9. The lowest BCUT2D eigenvalue weighted by Gasteiger charge is -2.25. The lowest BCUT2D eigenvalue weighted by Crippen LogP contribution is -2.17. The summed E-state index contributed by atoms with van der Waals surface area (Å²) in [5.41, 5.74) is 0.856. The Bertz CT molecular complexity index is 365. The summed E-state index contributed by atoms with van der Waals surface area (Å²) in [7, 11) is 0. The van der Waals surface area contributed by atoms with Crippen molar-refractivity contribution in [3.05, 3.63) is 34.1 Å². The van der Waals surface area contributed by atoms with Gasteiger partial charge in [0.2, 0.25) is 0 Å². The lowest BCUT2D eigenvalue weighted by atomic mass is 9.85. The Labute approximate surface area is 113 Å². The van der Waals surface area contributed by atoms with E-state index >= 15 is 0 Å². The Hall–Kier alpha value is 0.110. The Kier molecular flexibility index (Phi) is 4.42. The van der Waals surface area contributed by atoms with E-state index in [1.165, 1.54) is 25.7 Å². The van der Waals surface area contributed by atoms with Gasteiger partial charge in [-0.2, -0.15) is 0 Å². The molecule has 1 fully saturated rings. The van der Waals surface area contributed by atoms with E-state index in [1.54, 1.807) is 6.07 Å². The van der Waals surface area contributed by atoms with Crippen LogP contribution in [0.1, 0.15) is 31.2 Å². The summed E-state index contributed by atoms with van der Waals surface area (Å²) in [6.45, 7) is 0. The molecule has 2 atom stereocenters. The molecule has 2 rings (SSSR count). The molecule has 0 amide bonds. The molecule has 0 nitrogen and oxygen atoms in total. The molecule has 0 saturated heterocycles. The summed E-state index contributed by atoms with van der Waals surface area (Å²) in [5, 5.41) is 0. The summed E-state index contributed by atoms with van der Waals surface area (Å²) >= 11 is 6.95. The third-order valence-electron chi connectivity index (χ3n) is 3.24. The van der Waals surface area contributed by atoms with Gasteiger partial charge in [0.1, 0.15) is 5.82 Å². The molecule has 1 saturated carbocycles. The molecule has 16 heavy (non-hydrogen) atoms. The van der Waals surface area contributed by atoms with Crippen LogP contribution in [0.2, 0.25) is 0 Å². The van der Waals surface area contributed by atoms with Gasteiger partial charge in [-0.1, -0.05) is 50.8 Å². The molecule has 0 aromatic heterocycles. The summed E-state index contributed by atoms with van der Waals surface area (Å²) < 4.78 is 14.5. The van der Waals surface area contributed by atoms with Crippen LogP contribution >= 0.6 is 31.9 Å². The van der Waals surface area contributed by atoms with E-state index in [9.17, 15) is 4.39 Å². The second-order valence-electron chi connectivity index (χ2n) is 4.57. The van der Waals surface area contributed by atoms with Crippen molar-refractivity contribution in [2.75, 3.05) is 0 Å². The monoisotopic (exact) mass is 348 g/mol. The molecule has 1 aliphatic rings. The average Bonchev–Trinajstić information content (AvgIpc) is 2.22. The first kappa shape index (κ1) is 12.6. The minimum Gasteiger partial charge on any atom is -0.207 e. The maximum Gasteiger partial charge on any atom is 0.127 e. The van der Waals surface area contributed by atoms with E-state index in [-0.39, 0.29) is 5.82 Å². The normalized spacial score (nSPS) is 25.7. The van der Waals surface area contributed by atoms with E-state index in [0.717, 1.165) is 16.5 Å². The van der Waals surface area contributed by atoms with Gasteiger partial charge in [-0.3, -0.25) is 0 Å². The highest BCUT2D eigenvalue weighted by Crippen LogP contribution is 2.32. The van der Waals surface area contributed by atoms with E-state index in [2.05, 4.69) is 31.9 Å². The molecule has 3 heteroatoms. The maximum absolute atomic E-state index is 13.7. The van der Waals surface area contributed by atoms with Crippen LogP contribution in [-0.4, -0.2) is 4.83 Å². The molecule has 0 bridgehead atoms. The smallest absolute Gasteiger partial charge is 0.127 e. The van der Waals surface area contributed by atoms with Gasteiger partial charge in [-0.25, -0.2) is 4.39 Å². The molecule has 1 aromatic rings. The highest BCUT2D eigenvalue weighted by Gasteiger charge is 2.21. The van der Waals surface area contributed by atoms with Gasteiger partial charge in [-0.05, 0) is 42.9 Å². The fourth-order valence-electron chi connectivity index (χ4n) is 2.41. The highest BCUT2D eigenvalue weighted by molar-refractivity contribution is 9.10. The van der Waals surface area contributed by atoms with Gasteiger partial charge in [0.25, 0.3) is 0 Å². The predicted octanol–water partition coefficient (Wildman–Crippen LogP) is 5.08. The molecule has 0 heterocycles. The third-order valence-corrected chi connectivity index (χ3v) is 4.57. The molecule has 2 unspecified atom stereocenters. The number of hydrogen-bond donors (Lipinski definition) is 0. The van der Waals surface area contributed by atoms with Crippen molar-refractivity contribution >= 4 is 31.9 Å². The first-order valence-electron chi connectivity index (χ1n) is 5.73. The van der Waals surface area contributed by atoms with Crippen molar-refractivity contribution in [1.29, 1.82) is 0 Å². The van der Waals surface area contributed by atoms with Crippen LogP contribution in [0.5, 0.6) is 0 Å². The van der Waals surface area contributed by atoms with E-state index in [0.29, 0.717) is 10.7 Å². The number of rotatable bonds is 2. The molecular weight excluding hydrogens is 335 g/mol. The van der Waals surface area contributed by atoms with Crippen LogP contribution in [0.15, 0.2) is 22.7 Å². The summed E-state index contributed by atoms with van der Waals surface area (Å²) in [6, 6.07) is 5.38. The second kappa shape index (κ2) is 5.63. The van der Waals surface area contributed by atoms with Crippen LogP contribution < -0.4 is 0 Å². The summed E-state index contributed by atoms with van der Waals surface area (Å²) in [4.78, 5) is 0.629. The van der Waals surface area contributed by atoms with Gasteiger partial charge in [0.15, 0.2) is 0 Å². The van der Waals surface area contributed by atoms with E-state index in [1.807, 2.05) is 12.1 Å². The van der Waals surface area contributed by atoms with E-state index < -0.39 is 0 Å². The summed E-state index contributed by atoms with van der Waals surface area (Å²) in [6.07, 6.45) is 5.81. The van der Waals surface area contributed by atoms with Crippen LogP contribution in [-0.2, 0) is 6.42 Å². The quantitative estimate of drug-likeness (QED) is 0.653. The molecule has 0 N–H and O–H groups in total. The fourth-order valence-corrected chi connectivity index (χ4v) is 3.59. The number of alkyl halides is 1. The fraction of sp³-hybridized carbons (Fsp3) is 0.538. The van der Waals surface area contributed by atoms with Crippen LogP contribution in [0, 0.1) is 11.7 Å². The SMILES string of the molecule is Fc1cc(Br)ccc1CC1CCCC(Br)C1. The Morgan fingerprint density at radius 2 is 2.12 bits per heavy atom. The second-order valence-corrected chi connectivity index (χ2v) is 6.78. The van der Waals surface area contributed by atoms with Gasteiger partial charge < -0.3 is 0 Å². The van der Waals surface area contributed by atoms with Gasteiger partial charge in [-0.15, -0.1) is 0 Å². The van der Waals surface area contributed by atoms with Crippen LogP contribution in [0.4, 0.5) is 4.39 Å². The zero-order valence-corrected chi connectivity index (χ0v) is 12.2. The van der Waals surface area contributed by atoms with Crippen molar-refractivity contribution < 1.29 is 4.39 Å². The zero-order chi connectivity index (χ0) is 11.5. The van der Waals surface area contributed by atoms with Crippen molar-refractivity contribution in [2.24, 2.45) is 5.92 Å². The Morgan fingerprint density at radius 1 is 1.31 bits per heavy atom. The minimum atomic E-state index is -0.0777. The number of benzene rings is 1. The van der Waals surface area contributed by atoms with Gasteiger partial charge in [0, 0.05) is 9.30 Å². The molecular formula is C13H15Br2F. The average molecular weight is 350 g/mol. The lowest BCUT2D eigenvalue weighted by molar-refractivity contribution is 0.364. The molecule has 88 valence electrons. The standard InChI is InChI=1S/C13H15Br2F/c14-11-3-1-2-9(7-11)6-10-4-5-12(15)8-13(10)16/h4-5,8-9,11H,1-3,6-7H2. The zero-order valence-electron chi connectivity index (χ0n) is 9.06. The summed E-state index contributed by atoms with van der Waals surface area (Å²) in [5.74, 6) is 0.555. The van der Waals surface area contributed by atoms with Crippen molar-refractivity contribution in [3.63, 3.8) is 0 Å². The first-order chi connectivity index (χ1) is 7.65. The number of halogens is 3. The Balaban J connectivity index is 2.02. The third kappa shape index (κ3) is 3.30. The molecule has 1 aliphatic carbocycles. The molecule has 1 aromatic carbocycles. The van der Waals surface area contributed by atoms with E-state index in [4.69, 9.17) is 0 Å². The van der Waals surface area contributed by atoms with Crippen molar-refractivity contribution in [3.8, 4) is 0 Å².